The molecule has 0 saturated heterocycles. The summed E-state index contributed by atoms with van der Waals surface area (Å²) in [5, 5.41) is 6.66. The third-order valence-corrected chi connectivity index (χ3v) is 5.44. The second-order valence-electron chi connectivity index (χ2n) is 9.31. The van der Waals surface area contributed by atoms with Crippen LogP contribution in [0.3, 0.4) is 0 Å². The number of carbonyl (C=O) groups excluding carboxylic acids is 3. The van der Waals surface area contributed by atoms with Crippen LogP contribution in [0.15, 0.2) is 70.2 Å². The van der Waals surface area contributed by atoms with Crippen LogP contribution in [0.5, 0.6) is 5.75 Å². The first-order valence-corrected chi connectivity index (χ1v) is 12.4. The number of esters is 1. The number of nitrogens with one attached hydrogen (secondary N) is 2. The topological polar surface area (TPSA) is 119 Å². The maximum atomic E-state index is 12.7. The van der Waals surface area contributed by atoms with Gasteiger partial charge < -0.3 is 19.2 Å². The zero-order chi connectivity index (χ0) is 27.7. The van der Waals surface area contributed by atoms with Crippen molar-refractivity contribution < 1.29 is 28.3 Å². The highest BCUT2D eigenvalue weighted by Crippen LogP contribution is 2.23. The molecule has 3 aromatic rings. The Hall–Kier alpha value is -4.40. The van der Waals surface area contributed by atoms with Gasteiger partial charge in [-0.2, -0.15) is 5.10 Å². The fourth-order valence-corrected chi connectivity index (χ4v) is 3.50. The lowest BCUT2D eigenvalue weighted by Crippen LogP contribution is -2.49. The molecule has 0 bridgehead atoms. The van der Waals surface area contributed by atoms with E-state index in [2.05, 4.69) is 15.8 Å². The Kier molecular flexibility index (Phi) is 9.81. The molecule has 0 aliphatic rings. The largest absolute Gasteiger partial charge is 0.484 e. The van der Waals surface area contributed by atoms with E-state index in [-0.39, 0.29) is 18.6 Å². The minimum atomic E-state index is -0.805. The molecular weight excluding hydrogens is 486 g/mol. The van der Waals surface area contributed by atoms with E-state index < -0.39 is 23.8 Å². The number of aryl methyl sites for hydroxylation is 1. The van der Waals surface area contributed by atoms with E-state index in [4.69, 9.17) is 13.9 Å². The first-order chi connectivity index (χ1) is 18.1. The van der Waals surface area contributed by atoms with Crippen molar-refractivity contribution >= 4 is 24.0 Å². The quantitative estimate of drug-likeness (QED) is 0.219. The van der Waals surface area contributed by atoms with Crippen LogP contribution < -0.4 is 15.5 Å². The fraction of sp³-hybridized carbons (Fsp3) is 0.310. The molecule has 1 atom stereocenters. The second kappa shape index (κ2) is 13.2. The zero-order valence-corrected chi connectivity index (χ0v) is 22.2. The molecule has 1 heterocycles. The van der Waals surface area contributed by atoms with Crippen LogP contribution in [0.2, 0.25) is 0 Å². The van der Waals surface area contributed by atoms with Gasteiger partial charge in [-0.05, 0) is 62.6 Å². The van der Waals surface area contributed by atoms with Crippen molar-refractivity contribution in [1.29, 1.82) is 0 Å². The number of nitrogens with zero attached hydrogens (tertiary/aromatic N) is 1. The highest BCUT2D eigenvalue weighted by molar-refractivity contribution is 5.91. The van der Waals surface area contributed by atoms with Crippen molar-refractivity contribution in [1.82, 2.24) is 10.7 Å². The van der Waals surface area contributed by atoms with Crippen molar-refractivity contribution in [2.24, 2.45) is 11.0 Å². The number of benzene rings is 2. The number of hydrogen-bond acceptors (Lipinski definition) is 7. The maximum absolute atomic E-state index is 12.7. The number of furan rings is 1. The Balaban J connectivity index is 1.56. The Labute approximate surface area is 222 Å². The van der Waals surface area contributed by atoms with Gasteiger partial charge in [-0.1, -0.05) is 44.2 Å². The molecule has 2 N–H and O–H groups in total. The van der Waals surface area contributed by atoms with Crippen LogP contribution in [0.4, 0.5) is 0 Å². The summed E-state index contributed by atoms with van der Waals surface area (Å²) in [6.07, 6.45) is 1.14. The highest BCUT2D eigenvalue weighted by Gasteiger charge is 2.24. The molecule has 2 aromatic carbocycles. The molecule has 0 unspecified atom stereocenters. The average molecular weight is 520 g/mol. The molecule has 0 spiro atoms. The molecular formula is C29H33N3O6. The van der Waals surface area contributed by atoms with E-state index >= 15 is 0 Å². The van der Waals surface area contributed by atoms with E-state index in [0.717, 1.165) is 5.56 Å². The highest BCUT2D eigenvalue weighted by atomic mass is 16.5. The van der Waals surface area contributed by atoms with Crippen LogP contribution in [0.1, 0.15) is 49.4 Å². The van der Waals surface area contributed by atoms with Crippen molar-refractivity contribution in [3.63, 3.8) is 0 Å². The van der Waals surface area contributed by atoms with Gasteiger partial charge in [0.1, 0.15) is 23.3 Å². The van der Waals surface area contributed by atoms with Gasteiger partial charge in [0.2, 0.25) is 0 Å². The average Bonchev–Trinajstić information content (AvgIpc) is 3.35. The minimum absolute atomic E-state index is 0.183. The van der Waals surface area contributed by atoms with Gasteiger partial charge in [0.05, 0.1) is 17.9 Å². The van der Waals surface area contributed by atoms with E-state index in [0.29, 0.717) is 28.4 Å². The summed E-state index contributed by atoms with van der Waals surface area (Å²) in [4.78, 5) is 37.3. The van der Waals surface area contributed by atoms with Crippen LogP contribution >= 0.6 is 0 Å². The predicted octanol–water partition coefficient (Wildman–Crippen LogP) is 4.49. The zero-order valence-electron chi connectivity index (χ0n) is 22.2. The summed E-state index contributed by atoms with van der Waals surface area (Å²) in [5.74, 6) is 0.0526. The molecule has 0 fully saturated rings. The van der Waals surface area contributed by atoms with Crippen LogP contribution in [-0.4, -0.2) is 42.8 Å². The van der Waals surface area contributed by atoms with Gasteiger partial charge >= 0.3 is 5.97 Å². The van der Waals surface area contributed by atoms with Gasteiger partial charge in [-0.3, -0.25) is 9.59 Å². The molecule has 9 nitrogen and oxygen atoms in total. The number of ether oxygens (including phenoxy) is 2. The summed E-state index contributed by atoms with van der Waals surface area (Å²) in [7, 11) is 0. The molecule has 0 aliphatic heterocycles. The Morgan fingerprint density at radius 3 is 2.47 bits per heavy atom. The number of carbonyl (C=O) groups is 3. The number of amides is 2. The van der Waals surface area contributed by atoms with Gasteiger partial charge in [0.15, 0.2) is 6.61 Å². The lowest BCUT2D eigenvalue weighted by atomic mass is 10.0. The Bertz CT molecular complexity index is 1290. The molecule has 200 valence electrons. The molecule has 2 amide bonds. The SMILES string of the molecule is Cc1ccccc1OCC(=O)N[C@@H](C(=O)N/N=C\c1ccc(-c2cccc(C(=O)OC(C)C)c2)o1)C(C)C. The van der Waals surface area contributed by atoms with Crippen molar-refractivity contribution in [3.8, 4) is 17.1 Å². The van der Waals surface area contributed by atoms with Crippen molar-refractivity contribution in [3.05, 3.63) is 77.6 Å². The van der Waals surface area contributed by atoms with Gasteiger partial charge in [-0.25, -0.2) is 10.2 Å². The molecule has 1 aromatic heterocycles. The van der Waals surface area contributed by atoms with Crippen LogP contribution in [0.25, 0.3) is 11.3 Å². The molecule has 3 rings (SSSR count). The van der Waals surface area contributed by atoms with Crippen molar-refractivity contribution in [2.75, 3.05) is 6.61 Å². The molecule has 0 aliphatic carbocycles. The normalized spacial score (nSPS) is 12.0. The van der Waals surface area contributed by atoms with E-state index in [1.165, 1.54) is 6.21 Å². The number of hydrazone groups is 1. The van der Waals surface area contributed by atoms with Gasteiger partial charge in [0.25, 0.3) is 11.8 Å². The Morgan fingerprint density at radius 1 is 1.00 bits per heavy atom. The summed E-state index contributed by atoms with van der Waals surface area (Å²) in [6.45, 7) is 8.89. The first kappa shape index (κ1) is 28.2. The predicted molar refractivity (Wildman–Crippen MR) is 144 cm³/mol. The van der Waals surface area contributed by atoms with Crippen molar-refractivity contribution in [2.45, 2.75) is 46.8 Å². The van der Waals surface area contributed by atoms with Gasteiger partial charge in [-0.15, -0.1) is 0 Å². The smallest absolute Gasteiger partial charge is 0.338 e. The monoisotopic (exact) mass is 519 g/mol. The lowest BCUT2D eigenvalue weighted by Gasteiger charge is -2.20. The summed E-state index contributed by atoms with van der Waals surface area (Å²) in [6, 6.07) is 16.9. The maximum Gasteiger partial charge on any atom is 0.338 e. The fourth-order valence-electron chi connectivity index (χ4n) is 3.50. The standard InChI is InChI=1S/C29H33N3O6/c1-18(2)27(31-26(33)17-36-24-12-7-6-9-20(24)5)28(34)32-30-16-23-13-14-25(38-23)21-10-8-11-22(15-21)29(35)37-19(3)4/h6-16,18-19,27H,17H2,1-5H3,(H,31,33)(H,32,34)/b30-16-/t27-/m1/s1. The lowest BCUT2D eigenvalue weighted by molar-refractivity contribution is -0.131. The first-order valence-electron chi connectivity index (χ1n) is 12.4. The van der Waals surface area contributed by atoms with Gasteiger partial charge in [0, 0.05) is 5.56 Å². The third-order valence-electron chi connectivity index (χ3n) is 5.44. The number of rotatable bonds is 11. The Morgan fingerprint density at radius 2 is 1.76 bits per heavy atom. The molecule has 38 heavy (non-hydrogen) atoms. The molecule has 0 radical (unpaired) electrons. The number of para-hydroxylation sites is 1. The summed E-state index contributed by atoms with van der Waals surface area (Å²) in [5.41, 5.74) is 4.47. The van der Waals surface area contributed by atoms with E-state index in [1.54, 1.807) is 50.2 Å². The second-order valence-corrected chi connectivity index (χ2v) is 9.31. The van der Waals surface area contributed by atoms with Crippen LogP contribution in [-0.2, 0) is 14.3 Å². The number of hydrogen-bond donors (Lipinski definition) is 2. The summed E-state index contributed by atoms with van der Waals surface area (Å²) >= 11 is 0. The minimum Gasteiger partial charge on any atom is -0.484 e. The molecule has 0 saturated carbocycles. The van der Waals surface area contributed by atoms with E-state index in [9.17, 15) is 14.4 Å². The summed E-state index contributed by atoms with van der Waals surface area (Å²) < 4.78 is 16.6. The third kappa shape index (κ3) is 8.06. The molecule has 9 heteroatoms. The van der Waals surface area contributed by atoms with E-state index in [1.807, 2.05) is 45.0 Å². The van der Waals surface area contributed by atoms with Crippen LogP contribution in [0, 0.1) is 12.8 Å².